The monoisotopic (exact) mass is 419 g/mol. The third-order valence-electron chi connectivity index (χ3n) is 5.21. The topological polar surface area (TPSA) is 28.6 Å². The van der Waals surface area contributed by atoms with Crippen LogP contribution in [-0.2, 0) is 0 Å². The number of ether oxygens (including phenoxy) is 1. The molecule has 6 heteroatoms. The van der Waals surface area contributed by atoms with Gasteiger partial charge in [-0.05, 0) is 30.1 Å². The highest BCUT2D eigenvalue weighted by Crippen LogP contribution is 2.33. The third-order valence-corrected chi connectivity index (χ3v) is 5.21. The second kappa shape index (κ2) is 9.97. The van der Waals surface area contributed by atoms with Crippen LogP contribution in [0.1, 0.15) is 6.92 Å². The average molecular weight is 420 g/mol. The number of nitrogens with zero attached hydrogens (tertiary/aromatic N) is 3. The average Bonchev–Trinajstić information content (AvgIpc) is 2.73. The van der Waals surface area contributed by atoms with Crippen LogP contribution in [0.4, 0.5) is 5.82 Å². The molecule has 1 aliphatic heterocycles. The normalized spacial score (nSPS) is 14.3. The summed E-state index contributed by atoms with van der Waals surface area (Å²) in [6.45, 7) is 7.51. The lowest BCUT2D eigenvalue weighted by molar-refractivity contribution is 0.271. The van der Waals surface area contributed by atoms with Crippen LogP contribution in [0.15, 0.2) is 54.6 Å². The fraction of sp³-hybridized carbons (Fsp3) is 0.318. The number of anilines is 1. The largest absolute Gasteiger partial charge is 0.497 e. The van der Waals surface area contributed by atoms with Crippen molar-refractivity contribution in [3.05, 3.63) is 54.6 Å². The maximum atomic E-state index is 5.46. The van der Waals surface area contributed by atoms with Crippen molar-refractivity contribution < 1.29 is 4.74 Å². The van der Waals surface area contributed by atoms with Crippen molar-refractivity contribution in [2.45, 2.75) is 6.92 Å². The van der Waals surface area contributed by atoms with Crippen LogP contribution in [0.5, 0.6) is 5.75 Å². The zero-order chi connectivity index (χ0) is 17.9. The number of hydrogen-bond donors (Lipinski definition) is 0. The van der Waals surface area contributed by atoms with Crippen LogP contribution >= 0.6 is 24.8 Å². The lowest BCUT2D eigenvalue weighted by atomic mass is 10.1. The second-order valence-corrected chi connectivity index (χ2v) is 6.71. The first-order valence-corrected chi connectivity index (χ1v) is 9.30. The molecule has 0 N–H and O–H groups in total. The van der Waals surface area contributed by atoms with Gasteiger partial charge in [-0.1, -0.05) is 43.3 Å². The van der Waals surface area contributed by atoms with E-state index >= 15 is 0 Å². The number of pyridine rings is 1. The molecular formula is C22H27Cl2N3O. The maximum absolute atomic E-state index is 5.46. The van der Waals surface area contributed by atoms with Gasteiger partial charge in [0.05, 0.1) is 12.8 Å². The van der Waals surface area contributed by atoms with E-state index in [0.29, 0.717) is 0 Å². The molecule has 0 radical (unpaired) electrons. The Hall–Kier alpha value is -2.01. The number of halogens is 2. The SMILES string of the molecule is CCN1CCN(c2nc(-c3ccccc3)cc3ccc(OC)cc23)CC1.Cl.Cl. The van der Waals surface area contributed by atoms with Crippen LogP contribution in [0.2, 0.25) is 0 Å². The summed E-state index contributed by atoms with van der Waals surface area (Å²) in [7, 11) is 1.71. The smallest absolute Gasteiger partial charge is 0.137 e. The van der Waals surface area contributed by atoms with E-state index in [1.807, 2.05) is 12.1 Å². The van der Waals surface area contributed by atoms with Gasteiger partial charge in [0.1, 0.15) is 11.6 Å². The molecule has 150 valence electrons. The van der Waals surface area contributed by atoms with E-state index in [1.54, 1.807) is 7.11 Å². The minimum Gasteiger partial charge on any atom is -0.497 e. The van der Waals surface area contributed by atoms with Crippen LogP contribution in [-0.4, -0.2) is 49.7 Å². The van der Waals surface area contributed by atoms with Gasteiger partial charge in [0.25, 0.3) is 0 Å². The van der Waals surface area contributed by atoms with Crippen molar-refractivity contribution >= 4 is 41.4 Å². The van der Waals surface area contributed by atoms with Crippen molar-refractivity contribution in [3.63, 3.8) is 0 Å². The third kappa shape index (κ3) is 4.52. The fourth-order valence-electron chi connectivity index (χ4n) is 3.61. The Morgan fingerprint density at radius 1 is 0.929 bits per heavy atom. The highest BCUT2D eigenvalue weighted by molar-refractivity contribution is 5.96. The molecule has 1 aromatic heterocycles. The zero-order valence-corrected chi connectivity index (χ0v) is 17.9. The lowest BCUT2D eigenvalue weighted by Crippen LogP contribution is -2.46. The quantitative estimate of drug-likeness (QED) is 0.601. The molecule has 4 nitrogen and oxygen atoms in total. The van der Waals surface area contributed by atoms with Gasteiger partial charge in [0.2, 0.25) is 0 Å². The Morgan fingerprint density at radius 2 is 1.64 bits per heavy atom. The molecule has 0 aliphatic carbocycles. The number of methoxy groups -OCH3 is 1. The van der Waals surface area contributed by atoms with Crippen LogP contribution in [0.25, 0.3) is 22.0 Å². The molecule has 0 bridgehead atoms. The maximum Gasteiger partial charge on any atom is 0.137 e. The van der Waals surface area contributed by atoms with E-state index in [2.05, 4.69) is 59.2 Å². The highest BCUT2D eigenvalue weighted by Gasteiger charge is 2.20. The summed E-state index contributed by atoms with van der Waals surface area (Å²) < 4.78 is 5.46. The summed E-state index contributed by atoms with van der Waals surface area (Å²) in [5, 5.41) is 2.36. The Morgan fingerprint density at radius 3 is 2.29 bits per heavy atom. The first-order chi connectivity index (χ1) is 12.8. The van der Waals surface area contributed by atoms with Crippen molar-refractivity contribution in [2.24, 2.45) is 0 Å². The van der Waals surface area contributed by atoms with Gasteiger partial charge >= 0.3 is 0 Å². The summed E-state index contributed by atoms with van der Waals surface area (Å²) >= 11 is 0. The minimum atomic E-state index is 0. The standard InChI is InChI=1S/C22H25N3O.2ClH/c1-3-24-11-13-25(14-12-24)22-20-16-19(26-2)10-9-18(20)15-21(23-22)17-7-5-4-6-8-17;;/h4-10,15-16H,3,11-14H2,1-2H3;2*1H. The second-order valence-electron chi connectivity index (χ2n) is 6.71. The van der Waals surface area contributed by atoms with E-state index in [9.17, 15) is 0 Å². The fourth-order valence-corrected chi connectivity index (χ4v) is 3.61. The first kappa shape index (κ1) is 22.3. The molecule has 1 fully saturated rings. The van der Waals surface area contributed by atoms with Crippen molar-refractivity contribution in [1.29, 1.82) is 0 Å². The zero-order valence-electron chi connectivity index (χ0n) is 16.3. The van der Waals surface area contributed by atoms with Gasteiger partial charge in [-0.2, -0.15) is 0 Å². The van der Waals surface area contributed by atoms with Gasteiger partial charge in [0.15, 0.2) is 0 Å². The van der Waals surface area contributed by atoms with E-state index < -0.39 is 0 Å². The van der Waals surface area contributed by atoms with E-state index in [0.717, 1.165) is 60.9 Å². The summed E-state index contributed by atoms with van der Waals surface area (Å²) in [5.74, 6) is 1.94. The molecule has 4 rings (SSSR count). The summed E-state index contributed by atoms with van der Waals surface area (Å²) in [6, 6.07) is 18.9. The Kier molecular flexibility index (Phi) is 7.93. The summed E-state index contributed by atoms with van der Waals surface area (Å²) in [5.41, 5.74) is 2.18. The summed E-state index contributed by atoms with van der Waals surface area (Å²) in [4.78, 5) is 9.98. The minimum absolute atomic E-state index is 0. The van der Waals surface area contributed by atoms with Crippen molar-refractivity contribution in [1.82, 2.24) is 9.88 Å². The number of benzene rings is 2. The molecule has 0 spiro atoms. The molecule has 0 saturated carbocycles. The molecule has 3 aromatic rings. The van der Waals surface area contributed by atoms with Crippen molar-refractivity contribution in [3.8, 4) is 17.0 Å². The number of rotatable bonds is 4. The number of hydrogen-bond acceptors (Lipinski definition) is 4. The molecule has 1 saturated heterocycles. The van der Waals surface area contributed by atoms with E-state index in [-0.39, 0.29) is 24.8 Å². The van der Waals surface area contributed by atoms with Gasteiger partial charge < -0.3 is 14.5 Å². The molecule has 1 aliphatic rings. The van der Waals surface area contributed by atoms with Crippen LogP contribution < -0.4 is 9.64 Å². The number of piperazine rings is 1. The van der Waals surface area contributed by atoms with Crippen LogP contribution in [0.3, 0.4) is 0 Å². The highest BCUT2D eigenvalue weighted by atomic mass is 35.5. The molecule has 2 heterocycles. The van der Waals surface area contributed by atoms with E-state index in [4.69, 9.17) is 9.72 Å². The first-order valence-electron chi connectivity index (χ1n) is 9.30. The van der Waals surface area contributed by atoms with Gasteiger partial charge in [0, 0.05) is 37.1 Å². The molecule has 0 unspecified atom stereocenters. The summed E-state index contributed by atoms with van der Waals surface area (Å²) in [6.07, 6.45) is 0. The molecule has 0 amide bonds. The Bertz CT molecular complexity index is 897. The van der Waals surface area contributed by atoms with Gasteiger partial charge in [-0.25, -0.2) is 4.98 Å². The number of aromatic nitrogens is 1. The van der Waals surface area contributed by atoms with Gasteiger partial charge in [-0.15, -0.1) is 24.8 Å². The molecule has 28 heavy (non-hydrogen) atoms. The Labute approximate surface area is 179 Å². The van der Waals surface area contributed by atoms with Crippen LogP contribution in [0, 0.1) is 0 Å². The molecule has 2 aromatic carbocycles. The predicted octanol–water partition coefficient (Wildman–Crippen LogP) is 4.90. The van der Waals surface area contributed by atoms with E-state index in [1.165, 1.54) is 5.39 Å². The number of fused-ring (bicyclic) bond motifs is 1. The van der Waals surface area contributed by atoms with Gasteiger partial charge in [-0.3, -0.25) is 0 Å². The van der Waals surface area contributed by atoms with Crippen molar-refractivity contribution in [2.75, 3.05) is 44.7 Å². The molecule has 0 atom stereocenters. The predicted molar refractivity (Wildman–Crippen MR) is 123 cm³/mol. The lowest BCUT2D eigenvalue weighted by Gasteiger charge is -2.35. The number of likely N-dealkylation sites (N-methyl/N-ethyl adjacent to an activating group) is 1. The molecular weight excluding hydrogens is 393 g/mol. The Balaban J connectivity index is 0.00000140.